The first-order chi connectivity index (χ1) is 17.8. The molecule has 5 N–H and O–H groups in total. The Morgan fingerprint density at radius 2 is 1.82 bits per heavy atom. The van der Waals surface area contributed by atoms with Crippen LogP contribution in [0.25, 0.3) is 11.0 Å². The molecule has 15 heteroatoms. The Morgan fingerprint density at radius 1 is 1.21 bits per heavy atom. The summed E-state index contributed by atoms with van der Waals surface area (Å²) in [6.07, 6.45) is -0.615. The van der Waals surface area contributed by atoms with Gasteiger partial charge in [0.25, 0.3) is 0 Å². The Labute approximate surface area is 218 Å². The van der Waals surface area contributed by atoms with Crippen LogP contribution in [0.5, 0.6) is 0 Å². The van der Waals surface area contributed by atoms with Crippen molar-refractivity contribution >= 4 is 40.4 Å². The first-order valence-electron chi connectivity index (χ1n) is 11.7. The van der Waals surface area contributed by atoms with Crippen LogP contribution in [-0.4, -0.2) is 70.6 Å². The number of nitrogens with zero attached hydrogens (tertiary/aromatic N) is 3. The van der Waals surface area contributed by atoms with Crippen molar-refractivity contribution in [2.24, 2.45) is 5.73 Å². The fourth-order valence-corrected chi connectivity index (χ4v) is 4.21. The number of nitrogens with one attached hydrogen (secondary N) is 1. The molecule has 4 rings (SSSR count). The van der Waals surface area contributed by atoms with Gasteiger partial charge in [-0.15, -0.1) is 0 Å². The number of fused-ring (bicyclic) bond motifs is 1. The molecule has 3 heterocycles. The monoisotopic (exact) mass is 563 g/mol. The van der Waals surface area contributed by atoms with Crippen LogP contribution in [0.15, 0.2) is 27.7 Å². The number of carboxylic acid groups (broad SMARTS) is 2. The Kier molecular flexibility index (Phi) is 9.33. The van der Waals surface area contributed by atoms with Gasteiger partial charge in [0.15, 0.2) is 11.6 Å². The number of aromatic nitrogens is 2. The average Bonchev–Trinajstić information content (AvgIpc) is 3.69. The van der Waals surface area contributed by atoms with Crippen molar-refractivity contribution in [3.05, 3.63) is 44.5 Å². The van der Waals surface area contributed by atoms with Crippen LogP contribution in [0.2, 0.25) is 0 Å². The number of halogens is 5. The van der Waals surface area contributed by atoms with E-state index in [0.29, 0.717) is 51.2 Å². The molecule has 0 amide bonds. The smallest absolute Gasteiger partial charge is 0.477 e. The van der Waals surface area contributed by atoms with E-state index in [9.17, 15) is 32.3 Å². The van der Waals surface area contributed by atoms with E-state index in [1.54, 1.807) is 4.57 Å². The minimum atomic E-state index is -5.08. The third kappa shape index (κ3) is 6.99. The van der Waals surface area contributed by atoms with E-state index >= 15 is 0 Å². The summed E-state index contributed by atoms with van der Waals surface area (Å²) in [5.41, 5.74) is 5.86. The number of alkyl halides is 3. The number of rotatable bonds is 7. The fourth-order valence-electron chi connectivity index (χ4n) is 3.93. The number of pyridine rings is 2. The molecule has 1 aliphatic carbocycles. The highest BCUT2D eigenvalue weighted by Gasteiger charge is 2.38. The number of aliphatic carboxylic acids is 1. The quantitative estimate of drug-likeness (QED) is 0.294. The SMILES string of the molecule is NCCNCC(Cl)=C1CCN(c2nc3c(cc2F)c(=O)c(C(=O)O)cn3C2CC2)CC1.O=C(O)C(F)(F)F. The normalized spacial score (nSPS) is 15.7. The lowest BCUT2D eigenvalue weighted by atomic mass is 10.0. The summed E-state index contributed by atoms with van der Waals surface area (Å²) >= 11 is 6.40. The molecule has 2 aliphatic rings. The molecule has 0 aromatic carbocycles. The van der Waals surface area contributed by atoms with Crippen LogP contribution in [0.4, 0.5) is 23.4 Å². The standard InChI is InChI=1S/C21H25ClFN5O3.C2HF3O2/c22-16(10-25-6-5-24)12-3-7-27(8-4-12)20-17(23)9-14-18(29)15(21(30)31)11-28(13-1-2-13)19(14)26-20;3-2(4,5)1(6)7/h9,11,13,25H,1-8,10,24H2,(H,30,31);(H,6,7). The second kappa shape index (κ2) is 12.1. The van der Waals surface area contributed by atoms with Crippen LogP contribution in [0.3, 0.4) is 0 Å². The molecular weight excluding hydrogens is 538 g/mol. The molecule has 0 atom stereocenters. The number of piperidine rings is 1. The van der Waals surface area contributed by atoms with Gasteiger partial charge in [-0.3, -0.25) is 4.79 Å². The minimum Gasteiger partial charge on any atom is -0.477 e. The van der Waals surface area contributed by atoms with Crippen LogP contribution < -0.4 is 21.4 Å². The number of carbonyl (C=O) groups is 2. The molecule has 1 aliphatic heterocycles. The number of hydrogen-bond donors (Lipinski definition) is 4. The fraction of sp³-hybridized carbons (Fsp3) is 0.478. The largest absolute Gasteiger partial charge is 0.490 e. The van der Waals surface area contributed by atoms with E-state index in [1.165, 1.54) is 6.20 Å². The first-order valence-corrected chi connectivity index (χ1v) is 12.0. The van der Waals surface area contributed by atoms with Gasteiger partial charge in [0, 0.05) is 50.0 Å². The zero-order valence-electron chi connectivity index (χ0n) is 20.0. The summed E-state index contributed by atoms with van der Waals surface area (Å²) in [6, 6.07) is 1.21. The Morgan fingerprint density at radius 3 is 2.32 bits per heavy atom. The maximum absolute atomic E-state index is 15.0. The molecule has 2 aromatic heterocycles. The third-order valence-electron chi connectivity index (χ3n) is 6.00. The van der Waals surface area contributed by atoms with Crippen molar-refractivity contribution in [3.63, 3.8) is 0 Å². The third-order valence-corrected chi connectivity index (χ3v) is 6.40. The van der Waals surface area contributed by atoms with E-state index in [1.807, 2.05) is 4.90 Å². The summed E-state index contributed by atoms with van der Waals surface area (Å²) < 4.78 is 48.4. The lowest BCUT2D eigenvalue weighted by Gasteiger charge is -2.30. The van der Waals surface area contributed by atoms with Crippen molar-refractivity contribution in [2.45, 2.75) is 37.9 Å². The van der Waals surface area contributed by atoms with Gasteiger partial charge in [-0.05, 0) is 31.7 Å². The second-order valence-electron chi connectivity index (χ2n) is 8.74. The van der Waals surface area contributed by atoms with Crippen molar-refractivity contribution in [1.29, 1.82) is 0 Å². The number of nitrogens with two attached hydrogens (primary N) is 1. The van der Waals surface area contributed by atoms with E-state index in [0.717, 1.165) is 29.5 Å². The predicted molar refractivity (Wildman–Crippen MR) is 131 cm³/mol. The zero-order valence-corrected chi connectivity index (χ0v) is 20.8. The van der Waals surface area contributed by atoms with Crippen molar-refractivity contribution in [2.75, 3.05) is 37.6 Å². The summed E-state index contributed by atoms with van der Waals surface area (Å²) in [6.45, 7) is 2.90. The van der Waals surface area contributed by atoms with Gasteiger partial charge in [0.05, 0.1) is 5.39 Å². The van der Waals surface area contributed by atoms with Crippen LogP contribution in [0, 0.1) is 5.82 Å². The van der Waals surface area contributed by atoms with Crippen molar-refractivity contribution in [3.8, 4) is 0 Å². The minimum absolute atomic E-state index is 0.000308. The van der Waals surface area contributed by atoms with E-state index in [-0.39, 0.29) is 22.8 Å². The lowest BCUT2D eigenvalue weighted by molar-refractivity contribution is -0.192. The number of anilines is 1. The maximum atomic E-state index is 15.0. The maximum Gasteiger partial charge on any atom is 0.490 e. The van der Waals surface area contributed by atoms with Gasteiger partial charge >= 0.3 is 18.1 Å². The zero-order chi connectivity index (χ0) is 28.2. The molecule has 2 fully saturated rings. The van der Waals surface area contributed by atoms with E-state index in [2.05, 4.69) is 10.3 Å². The molecule has 1 saturated heterocycles. The molecule has 208 valence electrons. The highest BCUT2D eigenvalue weighted by Crippen LogP contribution is 2.37. The van der Waals surface area contributed by atoms with Gasteiger partial charge < -0.3 is 30.7 Å². The van der Waals surface area contributed by atoms with Gasteiger partial charge in [0.2, 0.25) is 5.43 Å². The van der Waals surface area contributed by atoms with Gasteiger partial charge in [-0.2, -0.15) is 13.2 Å². The predicted octanol–water partition coefficient (Wildman–Crippen LogP) is 2.84. The first kappa shape index (κ1) is 29.3. The molecule has 38 heavy (non-hydrogen) atoms. The number of carboxylic acids is 2. The summed E-state index contributed by atoms with van der Waals surface area (Å²) in [4.78, 5) is 39.3. The average molecular weight is 564 g/mol. The lowest BCUT2D eigenvalue weighted by Crippen LogP contribution is -2.33. The van der Waals surface area contributed by atoms with Gasteiger partial charge in [0.1, 0.15) is 11.2 Å². The highest BCUT2D eigenvalue weighted by atomic mass is 35.5. The van der Waals surface area contributed by atoms with E-state index < -0.39 is 29.4 Å². The molecule has 0 spiro atoms. The molecule has 0 radical (unpaired) electrons. The Hall–Kier alpha value is -3.23. The molecule has 0 bridgehead atoms. The summed E-state index contributed by atoms with van der Waals surface area (Å²) in [5.74, 6) is -4.52. The van der Waals surface area contributed by atoms with Crippen molar-refractivity contribution in [1.82, 2.24) is 14.9 Å². The molecule has 2 aromatic rings. The Bertz CT molecular complexity index is 1300. The van der Waals surface area contributed by atoms with Crippen LogP contribution >= 0.6 is 11.6 Å². The second-order valence-corrected chi connectivity index (χ2v) is 9.20. The van der Waals surface area contributed by atoms with Crippen LogP contribution in [-0.2, 0) is 4.79 Å². The van der Waals surface area contributed by atoms with Crippen LogP contribution in [0.1, 0.15) is 42.1 Å². The van der Waals surface area contributed by atoms with Crippen molar-refractivity contribution < 1.29 is 37.4 Å². The summed E-state index contributed by atoms with van der Waals surface area (Å²) in [5, 5.41) is 20.4. The molecule has 1 saturated carbocycles. The molecule has 10 nitrogen and oxygen atoms in total. The number of aromatic carboxylic acids is 1. The van der Waals surface area contributed by atoms with Gasteiger partial charge in [-0.1, -0.05) is 17.2 Å². The Balaban J connectivity index is 0.000000505. The molecular formula is C23H26ClF4N5O5. The number of hydrogen-bond acceptors (Lipinski definition) is 7. The summed E-state index contributed by atoms with van der Waals surface area (Å²) in [7, 11) is 0. The van der Waals surface area contributed by atoms with E-state index in [4.69, 9.17) is 27.2 Å². The van der Waals surface area contributed by atoms with Gasteiger partial charge in [-0.25, -0.2) is 19.0 Å². The molecule has 0 unspecified atom stereocenters. The highest BCUT2D eigenvalue weighted by molar-refractivity contribution is 6.30. The topological polar surface area (TPSA) is 151 Å².